The van der Waals surface area contributed by atoms with Crippen LogP contribution < -0.4 is 14.4 Å². The van der Waals surface area contributed by atoms with E-state index in [4.69, 9.17) is 21.1 Å². The first kappa shape index (κ1) is 25.1. The number of halogens is 1. The van der Waals surface area contributed by atoms with Crippen molar-refractivity contribution in [2.45, 2.75) is 19.9 Å². The molecule has 2 N–H and O–H groups in total. The summed E-state index contributed by atoms with van der Waals surface area (Å²) >= 11 is 6.31. The molecule has 0 spiro atoms. The van der Waals surface area contributed by atoms with E-state index in [1.54, 1.807) is 48.5 Å². The maximum absolute atomic E-state index is 13.3. The number of benzene rings is 3. The molecule has 3 aromatic rings. The minimum Gasteiger partial charge on any atom is -0.508 e. The lowest BCUT2D eigenvalue weighted by Crippen LogP contribution is -2.29. The van der Waals surface area contributed by atoms with Gasteiger partial charge in [0.1, 0.15) is 23.0 Å². The predicted molar refractivity (Wildman–Crippen MR) is 138 cm³/mol. The van der Waals surface area contributed by atoms with Gasteiger partial charge in [0.05, 0.1) is 30.4 Å². The Morgan fingerprint density at radius 3 is 2.47 bits per heavy atom. The van der Waals surface area contributed by atoms with E-state index in [-0.39, 0.29) is 22.1 Å². The van der Waals surface area contributed by atoms with Crippen LogP contribution in [0.25, 0.3) is 5.76 Å². The summed E-state index contributed by atoms with van der Waals surface area (Å²) in [6, 6.07) is 16.6. The summed E-state index contributed by atoms with van der Waals surface area (Å²) in [5, 5.41) is 21.7. The highest BCUT2D eigenvalue weighted by Crippen LogP contribution is 2.44. The van der Waals surface area contributed by atoms with Crippen molar-refractivity contribution in [2.24, 2.45) is 5.92 Å². The first-order chi connectivity index (χ1) is 17.2. The first-order valence-electron chi connectivity index (χ1n) is 11.4. The molecule has 4 rings (SSSR count). The molecule has 186 valence electrons. The lowest BCUT2D eigenvalue weighted by atomic mass is 9.95. The van der Waals surface area contributed by atoms with Gasteiger partial charge < -0.3 is 19.7 Å². The van der Waals surface area contributed by atoms with E-state index in [1.807, 2.05) is 13.8 Å². The van der Waals surface area contributed by atoms with Crippen LogP contribution in [0.15, 0.2) is 72.3 Å². The van der Waals surface area contributed by atoms with E-state index < -0.39 is 17.7 Å². The van der Waals surface area contributed by atoms with Crippen LogP contribution >= 0.6 is 11.6 Å². The average molecular weight is 508 g/mol. The fourth-order valence-corrected chi connectivity index (χ4v) is 4.32. The van der Waals surface area contributed by atoms with Crippen LogP contribution in [0.4, 0.5) is 5.69 Å². The van der Waals surface area contributed by atoms with Crippen LogP contribution in [0.1, 0.15) is 31.0 Å². The monoisotopic (exact) mass is 507 g/mol. The number of carbonyl (C=O) groups excluding carboxylic acids is 2. The number of hydrogen-bond donors (Lipinski definition) is 2. The molecule has 0 aliphatic carbocycles. The summed E-state index contributed by atoms with van der Waals surface area (Å²) < 4.78 is 11.0. The normalized spacial score (nSPS) is 17.0. The maximum atomic E-state index is 13.3. The van der Waals surface area contributed by atoms with E-state index in [2.05, 4.69) is 0 Å². The topological polar surface area (TPSA) is 96.3 Å². The molecule has 0 radical (unpaired) electrons. The number of carbonyl (C=O) groups is 2. The molecule has 0 aromatic heterocycles. The molecule has 1 saturated heterocycles. The quantitative estimate of drug-likeness (QED) is 0.241. The third kappa shape index (κ3) is 4.88. The lowest BCUT2D eigenvalue weighted by molar-refractivity contribution is -0.132. The minimum atomic E-state index is -1.01. The average Bonchev–Trinajstić information content (AvgIpc) is 3.12. The van der Waals surface area contributed by atoms with Crippen LogP contribution in [-0.2, 0) is 9.59 Å². The Morgan fingerprint density at radius 1 is 1.06 bits per heavy atom. The first-order valence-corrected chi connectivity index (χ1v) is 11.8. The molecule has 1 aliphatic rings. The molecule has 8 heteroatoms. The zero-order chi connectivity index (χ0) is 26.0. The third-order valence-corrected chi connectivity index (χ3v) is 6.03. The Kier molecular flexibility index (Phi) is 7.22. The summed E-state index contributed by atoms with van der Waals surface area (Å²) in [4.78, 5) is 27.9. The fraction of sp³-hybridized carbons (Fsp3) is 0.214. The van der Waals surface area contributed by atoms with Crippen LogP contribution in [0.3, 0.4) is 0 Å². The van der Waals surface area contributed by atoms with Crippen molar-refractivity contribution in [3.63, 3.8) is 0 Å². The van der Waals surface area contributed by atoms with Gasteiger partial charge in [0, 0.05) is 11.3 Å². The summed E-state index contributed by atoms with van der Waals surface area (Å²) in [7, 11) is 1.47. The Hall–Kier alpha value is -3.97. The van der Waals surface area contributed by atoms with Gasteiger partial charge in [-0.05, 0) is 53.9 Å². The molecule has 1 aliphatic heterocycles. The summed E-state index contributed by atoms with van der Waals surface area (Å²) in [6.07, 6.45) is 0. The largest absolute Gasteiger partial charge is 0.508 e. The van der Waals surface area contributed by atoms with Crippen molar-refractivity contribution in [1.82, 2.24) is 0 Å². The Labute approximate surface area is 214 Å². The number of phenolic OH excluding ortho intramolecular Hbond substituents is 1. The van der Waals surface area contributed by atoms with Crippen LogP contribution in [0.5, 0.6) is 17.2 Å². The molecule has 36 heavy (non-hydrogen) atoms. The van der Waals surface area contributed by atoms with Gasteiger partial charge in [0.2, 0.25) is 0 Å². The molecule has 1 atom stereocenters. The number of ketones is 1. The van der Waals surface area contributed by atoms with E-state index in [0.717, 1.165) is 0 Å². The molecule has 1 fully saturated rings. The smallest absolute Gasteiger partial charge is 0.300 e. The molecule has 3 aromatic carbocycles. The Balaban J connectivity index is 1.88. The van der Waals surface area contributed by atoms with Crippen LogP contribution in [-0.4, -0.2) is 35.6 Å². The number of anilines is 1. The van der Waals surface area contributed by atoms with E-state index in [1.165, 1.54) is 30.2 Å². The van der Waals surface area contributed by atoms with E-state index in [0.29, 0.717) is 40.8 Å². The van der Waals surface area contributed by atoms with Gasteiger partial charge in [-0.25, -0.2) is 0 Å². The number of nitrogens with zero attached hydrogens (tertiary/aromatic N) is 1. The number of rotatable bonds is 7. The Morgan fingerprint density at radius 2 is 1.81 bits per heavy atom. The highest BCUT2D eigenvalue weighted by Gasteiger charge is 2.47. The Bertz CT molecular complexity index is 1350. The highest BCUT2D eigenvalue weighted by molar-refractivity contribution is 6.51. The van der Waals surface area contributed by atoms with Gasteiger partial charge >= 0.3 is 0 Å². The van der Waals surface area contributed by atoms with Gasteiger partial charge in [-0.15, -0.1) is 0 Å². The fourth-order valence-electron chi connectivity index (χ4n) is 4.07. The maximum Gasteiger partial charge on any atom is 0.300 e. The van der Waals surface area contributed by atoms with Crippen LogP contribution in [0, 0.1) is 5.92 Å². The number of amides is 1. The van der Waals surface area contributed by atoms with Crippen molar-refractivity contribution in [2.75, 3.05) is 18.6 Å². The molecule has 0 bridgehead atoms. The summed E-state index contributed by atoms with van der Waals surface area (Å²) in [5.74, 6) is -0.857. The zero-order valence-electron chi connectivity index (χ0n) is 20.1. The number of methoxy groups -OCH3 is 1. The standard InChI is InChI=1S/C28H26ClNO6/c1-16(2)15-36-21-9-5-7-18(13-21)26(32)24-25(17-6-4-8-20(31)12-17)30(28(34)27(24)33)19-10-11-23(35-3)22(29)14-19/h4-14,16,25,31-32H,15H2,1-3H3/b26-24+. The second kappa shape index (κ2) is 10.3. The van der Waals surface area contributed by atoms with E-state index in [9.17, 15) is 19.8 Å². The predicted octanol–water partition coefficient (Wildman–Crippen LogP) is 5.72. The van der Waals surface area contributed by atoms with Crippen molar-refractivity contribution in [3.05, 3.63) is 88.5 Å². The molecular weight excluding hydrogens is 482 g/mol. The van der Waals surface area contributed by atoms with Crippen LogP contribution in [0.2, 0.25) is 5.02 Å². The molecule has 7 nitrogen and oxygen atoms in total. The highest BCUT2D eigenvalue weighted by atomic mass is 35.5. The SMILES string of the molecule is COc1ccc(N2C(=O)C(=O)/C(=C(/O)c3cccc(OCC(C)C)c3)C2c2cccc(O)c2)cc1Cl. The number of ether oxygens (including phenoxy) is 2. The number of phenols is 1. The third-order valence-electron chi connectivity index (χ3n) is 5.73. The number of Topliss-reactive ketones (excluding diaryl/α,β-unsaturated/α-hetero) is 1. The van der Waals surface area contributed by atoms with Gasteiger partial charge in [0.15, 0.2) is 0 Å². The van der Waals surface area contributed by atoms with Gasteiger partial charge in [0.25, 0.3) is 11.7 Å². The number of hydrogen-bond acceptors (Lipinski definition) is 6. The molecule has 1 heterocycles. The number of aliphatic hydroxyl groups is 1. The molecule has 1 amide bonds. The van der Waals surface area contributed by atoms with Crippen molar-refractivity contribution in [1.29, 1.82) is 0 Å². The van der Waals surface area contributed by atoms with E-state index >= 15 is 0 Å². The number of aromatic hydroxyl groups is 1. The van der Waals surface area contributed by atoms with Crippen molar-refractivity contribution >= 4 is 34.7 Å². The summed E-state index contributed by atoms with van der Waals surface area (Å²) in [6.45, 7) is 4.52. The van der Waals surface area contributed by atoms with Gasteiger partial charge in [-0.2, -0.15) is 0 Å². The van der Waals surface area contributed by atoms with Crippen molar-refractivity contribution in [3.8, 4) is 17.2 Å². The second-order valence-electron chi connectivity index (χ2n) is 8.82. The molecule has 1 unspecified atom stereocenters. The zero-order valence-corrected chi connectivity index (χ0v) is 20.8. The number of aliphatic hydroxyl groups excluding tert-OH is 1. The minimum absolute atomic E-state index is 0.0464. The van der Waals surface area contributed by atoms with Gasteiger partial charge in [-0.1, -0.05) is 49.7 Å². The second-order valence-corrected chi connectivity index (χ2v) is 9.22. The molecular formula is C28H26ClNO6. The summed E-state index contributed by atoms with van der Waals surface area (Å²) in [5.41, 5.74) is 0.991. The van der Waals surface area contributed by atoms with Crippen molar-refractivity contribution < 1.29 is 29.3 Å². The lowest BCUT2D eigenvalue weighted by Gasteiger charge is -2.26. The van der Waals surface area contributed by atoms with Gasteiger partial charge in [-0.3, -0.25) is 14.5 Å². The molecule has 0 saturated carbocycles.